The molecular formula is C25H29FN10O3S. The minimum absolute atomic E-state index is 0.142. The number of hydrogen-bond acceptors (Lipinski definition) is 11. The minimum Gasteiger partial charge on any atom is -0.491 e. The topological polar surface area (TPSA) is 134 Å². The van der Waals surface area contributed by atoms with Crippen molar-refractivity contribution in [3.8, 4) is 16.6 Å². The number of aromatic nitrogens is 7. The number of aryl methyl sites for hydroxylation is 1. The Morgan fingerprint density at radius 2 is 1.93 bits per heavy atom. The second-order valence-electron chi connectivity index (χ2n) is 9.43. The van der Waals surface area contributed by atoms with Crippen molar-refractivity contribution in [3.63, 3.8) is 0 Å². The molecule has 0 saturated carbocycles. The maximum atomic E-state index is 14.8. The molecule has 1 aliphatic heterocycles. The standard InChI is InChI=1S/C25H29FN10O3S/c1-32-19-21(30-24(27)36-22(19)29-20(31-36)23-28-5-14-40-23)35(25(32)37)11-8-33-6-9-34(10-7-33)18-4-3-16(15-17(18)26)39-13-12-38-2/h3-5,14-15H,6-13H2,1-2H3,(H2,27,30). The molecule has 0 radical (unpaired) electrons. The predicted octanol–water partition coefficient (Wildman–Crippen LogP) is 1.47. The number of nitrogens with zero attached hydrogens (tertiary/aromatic N) is 9. The molecule has 1 aliphatic rings. The average molecular weight is 569 g/mol. The number of benzene rings is 1. The highest BCUT2D eigenvalue weighted by Gasteiger charge is 2.23. The molecule has 1 aromatic carbocycles. The Balaban J connectivity index is 1.15. The first-order chi connectivity index (χ1) is 19.4. The van der Waals surface area contributed by atoms with Crippen molar-refractivity contribution in [2.75, 3.05) is 63.7 Å². The Bertz CT molecular complexity index is 1710. The van der Waals surface area contributed by atoms with E-state index < -0.39 is 0 Å². The summed E-state index contributed by atoms with van der Waals surface area (Å²) < 4.78 is 29.9. The maximum absolute atomic E-state index is 14.8. The highest BCUT2D eigenvalue weighted by Crippen LogP contribution is 2.26. The largest absolute Gasteiger partial charge is 0.491 e. The van der Waals surface area contributed by atoms with Crippen molar-refractivity contribution >= 4 is 39.8 Å². The molecule has 6 rings (SSSR count). The predicted molar refractivity (Wildman–Crippen MR) is 149 cm³/mol. The van der Waals surface area contributed by atoms with Crippen molar-refractivity contribution in [2.45, 2.75) is 6.54 Å². The molecule has 0 amide bonds. The van der Waals surface area contributed by atoms with Gasteiger partial charge >= 0.3 is 5.69 Å². The van der Waals surface area contributed by atoms with Gasteiger partial charge < -0.3 is 20.1 Å². The van der Waals surface area contributed by atoms with Crippen LogP contribution in [0.1, 0.15) is 0 Å². The van der Waals surface area contributed by atoms with Gasteiger partial charge in [-0.05, 0) is 12.1 Å². The van der Waals surface area contributed by atoms with Gasteiger partial charge in [-0.3, -0.25) is 14.0 Å². The van der Waals surface area contributed by atoms with Crippen molar-refractivity contribution < 1.29 is 13.9 Å². The van der Waals surface area contributed by atoms with Gasteiger partial charge in [0.05, 0.1) is 12.3 Å². The number of nitrogens with two attached hydrogens (primary N) is 1. The first-order valence-electron chi connectivity index (χ1n) is 12.8. The molecule has 0 unspecified atom stereocenters. The van der Waals surface area contributed by atoms with Crippen LogP contribution < -0.4 is 21.1 Å². The number of methoxy groups -OCH3 is 1. The van der Waals surface area contributed by atoms with Gasteiger partial charge in [-0.15, -0.1) is 16.4 Å². The van der Waals surface area contributed by atoms with Gasteiger partial charge in [-0.1, -0.05) is 0 Å². The number of anilines is 2. The van der Waals surface area contributed by atoms with E-state index in [-0.39, 0.29) is 17.5 Å². The van der Waals surface area contributed by atoms with Crippen LogP contribution in [0.4, 0.5) is 16.0 Å². The quantitative estimate of drug-likeness (QED) is 0.261. The van der Waals surface area contributed by atoms with Crippen LogP contribution in [0.3, 0.4) is 0 Å². The van der Waals surface area contributed by atoms with E-state index >= 15 is 0 Å². The lowest BCUT2D eigenvalue weighted by atomic mass is 10.2. The van der Waals surface area contributed by atoms with Crippen molar-refractivity contribution in [3.05, 3.63) is 46.1 Å². The van der Waals surface area contributed by atoms with Crippen LogP contribution in [0, 0.1) is 5.82 Å². The molecule has 4 aromatic heterocycles. The molecule has 2 N–H and O–H groups in total. The van der Waals surface area contributed by atoms with E-state index in [4.69, 9.17) is 15.2 Å². The maximum Gasteiger partial charge on any atom is 0.330 e. The number of rotatable bonds is 9. The van der Waals surface area contributed by atoms with E-state index in [0.29, 0.717) is 78.5 Å². The van der Waals surface area contributed by atoms with Crippen LogP contribution in [0.25, 0.3) is 27.6 Å². The zero-order valence-electron chi connectivity index (χ0n) is 22.2. The molecule has 1 saturated heterocycles. The molecule has 5 aromatic rings. The van der Waals surface area contributed by atoms with Crippen LogP contribution in [0.15, 0.2) is 34.6 Å². The van der Waals surface area contributed by atoms with Gasteiger partial charge in [0, 0.05) is 71.1 Å². The van der Waals surface area contributed by atoms with Gasteiger partial charge in [0.15, 0.2) is 16.3 Å². The minimum atomic E-state index is -0.313. The third-order valence-electron chi connectivity index (χ3n) is 7.03. The van der Waals surface area contributed by atoms with E-state index in [0.717, 1.165) is 13.1 Å². The third-order valence-corrected chi connectivity index (χ3v) is 7.80. The monoisotopic (exact) mass is 568 g/mol. The highest BCUT2D eigenvalue weighted by atomic mass is 32.1. The SMILES string of the molecule is COCCOc1ccc(N2CCN(CCn3c(=O)n(C)c4c3nc(N)n3nc(-c5nccs5)nc43)CC2)c(F)c1. The van der Waals surface area contributed by atoms with E-state index in [9.17, 15) is 9.18 Å². The fourth-order valence-corrected chi connectivity index (χ4v) is 5.51. The number of halogens is 1. The number of nitrogen functional groups attached to an aromatic ring is 1. The second-order valence-corrected chi connectivity index (χ2v) is 10.3. The summed E-state index contributed by atoms with van der Waals surface area (Å²) in [6.45, 7) is 4.65. The first-order valence-corrected chi connectivity index (χ1v) is 13.7. The fourth-order valence-electron chi connectivity index (χ4n) is 4.95. The number of thiazole rings is 1. The fraction of sp³-hybridized carbons (Fsp3) is 0.400. The molecule has 5 heterocycles. The molecule has 40 heavy (non-hydrogen) atoms. The molecule has 13 nitrogen and oxygen atoms in total. The summed E-state index contributed by atoms with van der Waals surface area (Å²) in [7, 11) is 3.29. The summed E-state index contributed by atoms with van der Waals surface area (Å²) in [5.41, 5.74) is 8.05. The van der Waals surface area contributed by atoms with Crippen molar-refractivity contribution in [1.82, 2.24) is 38.6 Å². The molecule has 0 aliphatic carbocycles. The number of fused-ring (bicyclic) bond motifs is 3. The highest BCUT2D eigenvalue weighted by molar-refractivity contribution is 7.13. The summed E-state index contributed by atoms with van der Waals surface area (Å²) in [4.78, 5) is 30.9. The Hall–Kier alpha value is -4.08. The molecule has 0 spiro atoms. The normalized spacial score (nSPS) is 14.5. The molecular weight excluding hydrogens is 539 g/mol. The zero-order chi connectivity index (χ0) is 27.8. The lowest BCUT2D eigenvalue weighted by Gasteiger charge is -2.36. The summed E-state index contributed by atoms with van der Waals surface area (Å²) in [6, 6.07) is 4.94. The lowest BCUT2D eigenvalue weighted by molar-refractivity contribution is 0.146. The smallest absolute Gasteiger partial charge is 0.330 e. The van der Waals surface area contributed by atoms with Gasteiger partial charge in [-0.25, -0.2) is 19.2 Å². The van der Waals surface area contributed by atoms with E-state index in [1.54, 1.807) is 37.1 Å². The Labute approximate surface area is 232 Å². The number of piperazine rings is 1. The molecule has 210 valence electrons. The van der Waals surface area contributed by atoms with Gasteiger partial charge in [0.25, 0.3) is 0 Å². The summed E-state index contributed by atoms with van der Waals surface area (Å²) in [5, 5.41) is 6.96. The number of imidazole rings is 1. The zero-order valence-corrected chi connectivity index (χ0v) is 23.0. The molecule has 0 atom stereocenters. The van der Waals surface area contributed by atoms with Crippen LogP contribution in [-0.4, -0.2) is 91.6 Å². The molecule has 0 bridgehead atoms. The Kier molecular flexibility index (Phi) is 7.08. The van der Waals surface area contributed by atoms with Gasteiger partial charge in [-0.2, -0.15) is 9.50 Å². The van der Waals surface area contributed by atoms with Crippen LogP contribution >= 0.6 is 11.3 Å². The Morgan fingerprint density at radius 1 is 1.10 bits per heavy atom. The summed E-state index contributed by atoms with van der Waals surface area (Å²) >= 11 is 1.42. The van der Waals surface area contributed by atoms with Gasteiger partial charge in [0.2, 0.25) is 11.8 Å². The van der Waals surface area contributed by atoms with Crippen molar-refractivity contribution in [1.29, 1.82) is 0 Å². The van der Waals surface area contributed by atoms with E-state index in [2.05, 4.69) is 25.0 Å². The van der Waals surface area contributed by atoms with Crippen LogP contribution in [0.2, 0.25) is 0 Å². The third kappa shape index (κ3) is 4.76. The van der Waals surface area contributed by atoms with E-state index in [1.807, 2.05) is 10.3 Å². The van der Waals surface area contributed by atoms with E-state index in [1.165, 1.54) is 26.5 Å². The lowest BCUT2D eigenvalue weighted by Crippen LogP contribution is -2.47. The van der Waals surface area contributed by atoms with Gasteiger partial charge in [0.1, 0.15) is 23.7 Å². The van der Waals surface area contributed by atoms with Crippen LogP contribution in [0.5, 0.6) is 5.75 Å². The molecule has 1 fully saturated rings. The Morgan fingerprint density at radius 3 is 2.65 bits per heavy atom. The van der Waals surface area contributed by atoms with Crippen molar-refractivity contribution in [2.24, 2.45) is 7.05 Å². The number of ether oxygens (including phenoxy) is 2. The molecule has 15 heteroatoms. The second kappa shape index (κ2) is 10.8. The number of hydrogen-bond donors (Lipinski definition) is 1. The summed E-state index contributed by atoms with van der Waals surface area (Å²) in [6.07, 6.45) is 1.68. The first kappa shape index (κ1) is 26.2. The summed E-state index contributed by atoms with van der Waals surface area (Å²) in [5.74, 6) is 0.739. The average Bonchev–Trinajstić information content (AvgIpc) is 3.69. The van der Waals surface area contributed by atoms with Crippen LogP contribution in [-0.2, 0) is 18.3 Å².